The number of hydrogen-bond acceptors (Lipinski definition) is 4. The molecule has 1 aromatic rings. The van der Waals surface area contributed by atoms with Crippen molar-refractivity contribution in [3.63, 3.8) is 0 Å². The van der Waals surface area contributed by atoms with Gasteiger partial charge >= 0.3 is 6.03 Å². The van der Waals surface area contributed by atoms with Crippen molar-refractivity contribution in [2.45, 2.75) is 38.8 Å². The van der Waals surface area contributed by atoms with Gasteiger partial charge in [-0.1, -0.05) is 0 Å². The summed E-state index contributed by atoms with van der Waals surface area (Å²) in [6.45, 7) is 7.01. The molecule has 2 fully saturated rings. The highest BCUT2D eigenvalue weighted by Crippen LogP contribution is 2.30. The van der Waals surface area contributed by atoms with Gasteiger partial charge in [-0.3, -0.25) is 10.1 Å². The molecule has 3 N–H and O–H groups in total. The van der Waals surface area contributed by atoms with Gasteiger partial charge in [0.1, 0.15) is 5.54 Å². The minimum Gasteiger partial charge on any atom is -0.357 e. The van der Waals surface area contributed by atoms with Gasteiger partial charge in [0.25, 0.3) is 5.91 Å². The molecule has 2 aliphatic heterocycles. The van der Waals surface area contributed by atoms with E-state index in [0.29, 0.717) is 6.54 Å². The molecule has 1 aromatic heterocycles. The van der Waals surface area contributed by atoms with Crippen LogP contribution in [0.1, 0.15) is 32.3 Å². The number of carbonyl (C=O) groups excluding carboxylic acids is 2. The second kappa shape index (κ2) is 7.43. The second-order valence-electron chi connectivity index (χ2n) is 6.67. The molecule has 0 aliphatic carbocycles. The van der Waals surface area contributed by atoms with Crippen molar-refractivity contribution in [2.75, 3.05) is 19.6 Å². The van der Waals surface area contributed by atoms with Crippen LogP contribution in [-0.4, -0.2) is 48.0 Å². The molecule has 3 heterocycles. The van der Waals surface area contributed by atoms with Crippen molar-refractivity contribution >= 4 is 29.2 Å². The summed E-state index contributed by atoms with van der Waals surface area (Å²) in [4.78, 5) is 30.6. The van der Waals surface area contributed by atoms with Crippen LogP contribution in [0.5, 0.6) is 0 Å². The standard InChI is InChI=1S/C17H25N5O2S/c1-3-18-15(19-10-12-6-9-25-11-12)22-7-4-13(5-8-22)17(2)14(23)20-16(24)21-17/h6,9,11,13H,3-5,7-8,10H2,1-2H3,(H,18,19)(H2,20,21,23,24). The van der Waals surface area contributed by atoms with Crippen molar-refractivity contribution in [1.29, 1.82) is 0 Å². The monoisotopic (exact) mass is 363 g/mol. The lowest BCUT2D eigenvalue weighted by Gasteiger charge is -2.39. The van der Waals surface area contributed by atoms with E-state index in [-0.39, 0.29) is 17.9 Å². The van der Waals surface area contributed by atoms with Crippen molar-refractivity contribution < 1.29 is 9.59 Å². The van der Waals surface area contributed by atoms with E-state index < -0.39 is 5.54 Å². The number of rotatable bonds is 4. The number of urea groups is 1. The van der Waals surface area contributed by atoms with Crippen molar-refractivity contribution in [2.24, 2.45) is 10.9 Å². The van der Waals surface area contributed by atoms with Crippen LogP contribution >= 0.6 is 11.3 Å². The largest absolute Gasteiger partial charge is 0.357 e. The highest BCUT2D eigenvalue weighted by molar-refractivity contribution is 7.07. The number of nitrogens with zero attached hydrogens (tertiary/aromatic N) is 2. The minimum absolute atomic E-state index is 0.134. The lowest BCUT2D eigenvalue weighted by Crippen LogP contribution is -2.55. The van der Waals surface area contributed by atoms with Gasteiger partial charge in [-0.25, -0.2) is 9.79 Å². The van der Waals surface area contributed by atoms with Gasteiger partial charge in [0, 0.05) is 19.6 Å². The van der Waals surface area contributed by atoms with Crippen LogP contribution in [0, 0.1) is 5.92 Å². The quantitative estimate of drug-likeness (QED) is 0.430. The van der Waals surface area contributed by atoms with E-state index in [9.17, 15) is 9.59 Å². The topological polar surface area (TPSA) is 85.8 Å². The van der Waals surface area contributed by atoms with Crippen LogP contribution in [-0.2, 0) is 11.3 Å². The number of piperidine rings is 1. The Morgan fingerprint density at radius 2 is 2.20 bits per heavy atom. The predicted octanol–water partition coefficient (Wildman–Crippen LogP) is 1.52. The maximum Gasteiger partial charge on any atom is 0.322 e. The number of amides is 3. The summed E-state index contributed by atoms with van der Waals surface area (Å²) in [5.41, 5.74) is 0.420. The fourth-order valence-corrected chi connectivity index (χ4v) is 4.15. The predicted molar refractivity (Wildman–Crippen MR) is 98.5 cm³/mol. The van der Waals surface area contributed by atoms with Gasteiger partial charge in [-0.05, 0) is 55.0 Å². The molecule has 0 spiro atoms. The van der Waals surface area contributed by atoms with E-state index >= 15 is 0 Å². The normalized spacial score (nSPS) is 25.0. The van der Waals surface area contributed by atoms with Crippen molar-refractivity contribution in [1.82, 2.24) is 20.9 Å². The van der Waals surface area contributed by atoms with Crippen LogP contribution in [0.25, 0.3) is 0 Å². The summed E-state index contributed by atoms with van der Waals surface area (Å²) >= 11 is 1.68. The summed E-state index contributed by atoms with van der Waals surface area (Å²) in [5, 5.41) is 12.7. The summed E-state index contributed by atoms with van der Waals surface area (Å²) in [5.74, 6) is 0.834. The maximum atomic E-state index is 12.1. The first kappa shape index (κ1) is 17.7. The Morgan fingerprint density at radius 3 is 2.76 bits per heavy atom. The van der Waals surface area contributed by atoms with E-state index in [1.54, 1.807) is 11.3 Å². The summed E-state index contributed by atoms with van der Waals surface area (Å²) in [6.07, 6.45) is 1.68. The zero-order valence-corrected chi connectivity index (χ0v) is 15.5. The SMILES string of the molecule is CCNC(=NCc1ccsc1)N1CCC(C2(C)NC(=O)NC2=O)CC1. The number of hydrogen-bond donors (Lipinski definition) is 3. The molecule has 3 amide bonds. The summed E-state index contributed by atoms with van der Waals surface area (Å²) in [6, 6.07) is 1.70. The molecule has 1 unspecified atom stereocenters. The Balaban J connectivity index is 1.62. The van der Waals surface area contributed by atoms with Crippen LogP contribution in [0.3, 0.4) is 0 Å². The Kier molecular flexibility index (Phi) is 5.27. The molecule has 1 atom stereocenters. The van der Waals surface area contributed by atoms with Crippen LogP contribution < -0.4 is 16.0 Å². The van der Waals surface area contributed by atoms with Crippen LogP contribution in [0.15, 0.2) is 21.8 Å². The highest BCUT2D eigenvalue weighted by Gasteiger charge is 2.48. The Labute approximate surface area is 151 Å². The van der Waals surface area contributed by atoms with E-state index in [4.69, 9.17) is 4.99 Å². The number of aliphatic imine (C=N–C) groups is 1. The molecule has 0 aromatic carbocycles. The van der Waals surface area contributed by atoms with Gasteiger partial charge in [0.2, 0.25) is 0 Å². The Hall–Kier alpha value is -2.09. The van der Waals surface area contributed by atoms with Gasteiger partial charge in [-0.15, -0.1) is 0 Å². The number of likely N-dealkylation sites (tertiary alicyclic amines) is 1. The van der Waals surface area contributed by atoms with Crippen molar-refractivity contribution in [3.05, 3.63) is 22.4 Å². The average Bonchev–Trinajstić information content (AvgIpc) is 3.20. The number of guanidine groups is 1. The zero-order valence-electron chi connectivity index (χ0n) is 14.7. The fraction of sp³-hybridized carbons (Fsp3) is 0.588. The molecule has 25 heavy (non-hydrogen) atoms. The molecule has 0 saturated carbocycles. The van der Waals surface area contributed by atoms with Crippen LogP contribution in [0.2, 0.25) is 0 Å². The zero-order chi connectivity index (χ0) is 17.9. The molecule has 2 aliphatic rings. The molecular weight excluding hydrogens is 338 g/mol. The van der Waals surface area contributed by atoms with E-state index in [2.05, 4.69) is 44.6 Å². The molecule has 8 heteroatoms. The average molecular weight is 363 g/mol. The second-order valence-corrected chi connectivity index (χ2v) is 7.45. The summed E-state index contributed by atoms with van der Waals surface area (Å²) in [7, 11) is 0. The smallest absolute Gasteiger partial charge is 0.322 e. The third-order valence-corrected chi connectivity index (χ3v) is 5.74. The number of thiophene rings is 1. The minimum atomic E-state index is -0.796. The lowest BCUT2D eigenvalue weighted by molar-refractivity contribution is -0.125. The molecule has 0 bridgehead atoms. The summed E-state index contributed by atoms with van der Waals surface area (Å²) < 4.78 is 0. The lowest BCUT2D eigenvalue weighted by atomic mass is 9.79. The molecule has 136 valence electrons. The fourth-order valence-electron chi connectivity index (χ4n) is 3.49. The molecule has 0 radical (unpaired) electrons. The van der Waals surface area contributed by atoms with Gasteiger partial charge in [-0.2, -0.15) is 11.3 Å². The molecule has 7 nitrogen and oxygen atoms in total. The molecule has 3 rings (SSSR count). The third-order valence-electron chi connectivity index (χ3n) is 5.01. The maximum absolute atomic E-state index is 12.1. The first-order chi connectivity index (χ1) is 12.0. The van der Waals surface area contributed by atoms with Gasteiger partial charge < -0.3 is 15.5 Å². The molecular formula is C17H25N5O2S. The van der Waals surface area contributed by atoms with Gasteiger partial charge in [0.05, 0.1) is 6.54 Å². The van der Waals surface area contributed by atoms with Crippen molar-refractivity contribution in [3.8, 4) is 0 Å². The number of nitrogens with one attached hydrogen (secondary N) is 3. The highest BCUT2D eigenvalue weighted by atomic mass is 32.1. The number of carbonyl (C=O) groups is 2. The van der Waals surface area contributed by atoms with E-state index in [1.165, 1.54) is 5.56 Å². The Bertz CT molecular complexity index is 652. The molecule has 2 saturated heterocycles. The van der Waals surface area contributed by atoms with Crippen LogP contribution in [0.4, 0.5) is 4.79 Å². The third kappa shape index (κ3) is 3.78. The number of imide groups is 1. The Morgan fingerprint density at radius 1 is 1.44 bits per heavy atom. The van der Waals surface area contributed by atoms with E-state index in [0.717, 1.165) is 38.4 Å². The van der Waals surface area contributed by atoms with Gasteiger partial charge in [0.15, 0.2) is 5.96 Å². The van der Waals surface area contributed by atoms with E-state index in [1.807, 2.05) is 6.92 Å². The first-order valence-electron chi connectivity index (χ1n) is 8.71. The first-order valence-corrected chi connectivity index (χ1v) is 9.65.